The van der Waals surface area contributed by atoms with Crippen LogP contribution in [0.15, 0.2) is 41.3 Å². The lowest BCUT2D eigenvalue weighted by atomic mass is 9.83. The highest BCUT2D eigenvalue weighted by molar-refractivity contribution is 7.92. The van der Waals surface area contributed by atoms with Gasteiger partial charge in [0.2, 0.25) is 5.91 Å². The fourth-order valence-electron chi connectivity index (χ4n) is 6.37. The van der Waals surface area contributed by atoms with Crippen molar-refractivity contribution in [1.29, 1.82) is 0 Å². The maximum atomic E-state index is 14.9. The van der Waals surface area contributed by atoms with Gasteiger partial charge in [0, 0.05) is 17.8 Å². The molecule has 0 spiro atoms. The molecule has 3 aliphatic rings. The van der Waals surface area contributed by atoms with Gasteiger partial charge in [0.25, 0.3) is 15.7 Å². The zero-order valence-electron chi connectivity index (χ0n) is 23.8. The first-order valence-corrected chi connectivity index (χ1v) is 15.6. The number of hydrogen-bond acceptors (Lipinski definition) is 8. The summed E-state index contributed by atoms with van der Waals surface area (Å²) >= 11 is 0. The van der Waals surface area contributed by atoms with Crippen LogP contribution in [0.5, 0.6) is 11.5 Å². The minimum atomic E-state index is -5.64. The molecule has 1 aliphatic heterocycles. The number of carbonyl (C=O) groups excluding carboxylic acids is 2. The van der Waals surface area contributed by atoms with E-state index in [0.29, 0.717) is 19.3 Å². The van der Waals surface area contributed by atoms with Gasteiger partial charge in [0.1, 0.15) is 11.9 Å². The molecule has 0 aromatic heterocycles. The average molecular weight is 659 g/mol. The summed E-state index contributed by atoms with van der Waals surface area (Å²) in [5.74, 6) is -4.60. The number of halogens is 4. The van der Waals surface area contributed by atoms with Gasteiger partial charge >= 0.3 is 11.5 Å². The molecule has 0 radical (unpaired) electrons. The molecule has 16 heteroatoms. The van der Waals surface area contributed by atoms with Crippen LogP contribution in [0.25, 0.3) is 0 Å². The molecule has 2 aliphatic carbocycles. The highest BCUT2D eigenvalue weighted by Gasteiger charge is 2.52. The molecule has 2 amide bonds. The quantitative estimate of drug-likeness (QED) is 0.340. The van der Waals surface area contributed by atoms with Crippen LogP contribution < -0.4 is 20.1 Å². The number of carboxylic acids is 1. The first kappa shape index (κ1) is 32.5. The molecule has 45 heavy (non-hydrogen) atoms. The molecule has 11 nitrogen and oxygen atoms in total. The number of sulfone groups is 1. The van der Waals surface area contributed by atoms with Crippen LogP contribution in [0.4, 0.5) is 23.2 Å². The van der Waals surface area contributed by atoms with E-state index in [0.717, 1.165) is 30.3 Å². The number of ether oxygens (including phenoxy) is 3. The Bertz CT molecular complexity index is 1590. The summed E-state index contributed by atoms with van der Waals surface area (Å²) in [5, 5.41) is 14.4. The SMILES string of the molecule is COc1cc(F)c(O[C@H]2CC[C@@H](C(=O)O)OC2)cc1C(=O)N[C@@H]1[C@H]2CC[C@H](C2)[C@@H]1C(=O)Nc1cccc(S(=O)(=O)C(F)(F)F)c1. The van der Waals surface area contributed by atoms with E-state index in [-0.39, 0.29) is 54.0 Å². The molecule has 6 atom stereocenters. The number of carbonyl (C=O) groups is 3. The van der Waals surface area contributed by atoms with E-state index in [1.54, 1.807) is 0 Å². The second kappa shape index (κ2) is 12.5. The number of hydrogen-bond donors (Lipinski definition) is 3. The van der Waals surface area contributed by atoms with Crippen LogP contribution in [0.2, 0.25) is 0 Å². The molecule has 3 fully saturated rings. The van der Waals surface area contributed by atoms with Gasteiger partial charge in [-0.15, -0.1) is 0 Å². The third-order valence-corrected chi connectivity index (χ3v) is 10.0. The first-order chi connectivity index (χ1) is 21.2. The third kappa shape index (κ3) is 6.57. The van der Waals surface area contributed by atoms with Gasteiger partial charge in [-0.05, 0) is 68.2 Å². The average Bonchev–Trinajstić information content (AvgIpc) is 3.60. The predicted octanol–water partition coefficient (Wildman–Crippen LogP) is 3.92. The number of methoxy groups -OCH3 is 1. The Morgan fingerprint density at radius 2 is 1.76 bits per heavy atom. The smallest absolute Gasteiger partial charge is 0.496 e. The fraction of sp³-hybridized carbons (Fsp3) is 0.483. The number of amides is 2. The van der Waals surface area contributed by atoms with Crippen molar-refractivity contribution in [2.75, 3.05) is 19.0 Å². The molecule has 2 bridgehead atoms. The maximum Gasteiger partial charge on any atom is 0.501 e. The van der Waals surface area contributed by atoms with Gasteiger partial charge in [-0.1, -0.05) is 6.07 Å². The van der Waals surface area contributed by atoms with Crippen molar-refractivity contribution in [3.63, 3.8) is 0 Å². The second-order valence-corrected chi connectivity index (χ2v) is 13.2. The molecule has 1 saturated heterocycles. The Hall–Kier alpha value is -3.92. The molecule has 2 aromatic carbocycles. The van der Waals surface area contributed by atoms with Gasteiger partial charge in [-0.25, -0.2) is 17.6 Å². The largest absolute Gasteiger partial charge is 0.501 e. The number of carboxylic acid groups (broad SMARTS) is 1. The Labute approximate surface area is 255 Å². The van der Waals surface area contributed by atoms with Gasteiger partial charge < -0.3 is 30.0 Å². The lowest BCUT2D eigenvalue weighted by Crippen LogP contribution is -2.48. The van der Waals surface area contributed by atoms with E-state index in [9.17, 15) is 40.4 Å². The number of alkyl halides is 3. The van der Waals surface area contributed by atoms with Gasteiger partial charge in [0.15, 0.2) is 17.7 Å². The van der Waals surface area contributed by atoms with Crippen molar-refractivity contribution in [1.82, 2.24) is 5.32 Å². The van der Waals surface area contributed by atoms with Crippen LogP contribution >= 0.6 is 0 Å². The summed E-state index contributed by atoms with van der Waals surface area (Å²) in [7, 11) is -4.39. The highest BCUT2D eigenvalue weighted by Crippen LogP contribution is 2.49. The van der Waals surface area contributed by atoms with E-state index < -0.39 is 68.0 Å². The summed E-state index contributed by atoms with van der Waals surface area (Å²) in [4.78, 5) is 37.1. The zero-order chi connectivity index (χ0) is 32.7. The molecule has 244 valence electrons. The standard InChI is InChI=1S/C29H30F4N2O9S/c1-42-22-12-20(30)23(44-17-7-8-21(28(38)39)43-13-17)11-19(22)26(36)35-25-15-6-5-14(9-15)24(25)27(37)34-16-3-2-4-18(10-16)45(40,41)29(31,32)33/h2-4,10-12,14-15,17,21,24-25H,5-9,13H2,1H3,(H,34,37)(H,35,36)(H,38,39)/t14-,15+,17+,21+,24+,25-/m1/s1. The van der Waals surface area contributed by atoms with Crippen LogP contribution in [0, 0.1) is 23.6 Å². The van der Waals surface area contributed by atoms with Gasteiger partial charge in [-0.2, -0.15) is 13.2 Å². The molecule has 0 unspecified atom stereocenters. The van der Waals surface area contributed by atoms with Crippen molar-refractivity contribution in [2.24, 2.45) is 17.8 Å². The van der Waals surface area contributed by atoms with E-state index in [2.05, 4.69) is 10.6 Å². The topological polar surface area (TPSA) is 157 Å². The van der Waals surface area contributed by atoms with E-state index in [4.69, 9.17) is 19.3 Å². The summed E-state index contributed by atoms with van der Waals surface area (Å²) in [6.45, 7) is -0.100. The minimum absolute atomic E-state index is 0.0824. The monoisotopic (exact) mass is 658 g/mol. The van der Waals surface area contributed by atoms with Gasteiger partial charge in [-0.3, -0.25) is 9.59 Å². The first-order valence-electron chi connectivity index (χ1n) is 14.1. The Morgan fingerprint density at radius 1 is 1.02 bits per heavy atom. The van der Waals surface area contributed by atoms with Crippen LogP contribution in [-0.4, -0.2) is 68.8 Å². The van der Waals surface area contributed by atoms with Crippen molar-refractivity contribution in [3.8, 4) is 11.5 Å². The minimum Gasteiger partial charge on any atom is -0.496 e. The number of anilines is 1. The van der Waals surface area contributed by atoms with Crippen LogP contribution in [0.3, 0.4) is 0 Å². The number of nitrogens with one attached hydrogen (secondary N) is 2. The van der Waals surface area contributed by atoms with Gasteiger partial charge in [0.05, 0.1) is 30.1 Å². The lowest BCUT2D eigenvalue weighted by Gasteiger charge is -2.31. The summed E-state index contributed by atoms with van der Waals surface area (Å²) < 4.78 is 93.9. The fourth-order valence-corrected chi connectivity index (χ4v) is 7.18. The Kier molecular flexibility index (Phi) is 8.99. The third-order valence-electron chi connectivity index (χ3n) is 8.54. The zero-order valence-corrected chi connectivity index (χ0v) is 24.6. The maximum absolute atomic E-state index is 14.9. The molecule has 3 N–H and O–H groups in total. The van der Waals surface area contributed by atoms with Crippen molar-refractivity contribution in [2.45, 2.75) is 60.8 Å². The molecular weight excluding hydrogens is 628 g/mol. The van der Waals surface area contributed by atoms with Crippen molar-refractivity contribution in [3.05, 3.63) is 47.8 Å². The normalized spacial score (nSPS) is 26.2. The number of fused-ring (bicyclic) bond motifs is 2. The molecular formula is C29H30F4N2O9S. The molecule has 2 aromatic rings. The summed E-state index contributed by atoms with van der Waals surface area (Å²) in [6, 6.07) is 5.30. The number of aliphatic carboxylic acids is 1. The number of rotatable bonds is 9. The molecule has 5 rings (SSSR count). The Balaban J connectivity index is 1.32. The lowest BCUT2D eigenvalue weighted by molar-refractivity contribution is -0.156. The van der Waals surface area contributed by atoms with Crippen molar-refractivity contribution < 1.29 is 59.7 Å². The van der Waals surface area contributed by atoms with Crippen LogP contribution in [0.1, 0.15) is 42.5 Å². The van der Waals surface area contributed by atoms with Crippen molar-refractivity contribution >= 4 is 33.3 Å². The highest BCUT2D eigenvalue weighted by atomic mass is 32.2. The second-order valence-electron chi connectivity index (χ2n) is 11.3. The Morgan fingerprint density at radius 3 is 2.40 bits per heavy atom. The van der Waals surface area contributed by atoms with Crippen LogP contribution in [-0.2, 0) is 24.2 Å². The predicted molar refractivity (Wildman–Crippen MR) is 148 cm³/mol. The molecule has 2 saturated carbocycles. The summed E-state index contributed by atoms with van der Waals surface area (Å²) in [6.07, 6.45) is 0.782. The summed E-state index contributed by atoms with van der Waals surface area (Å²) in [5.41, 5.74) is -5.75. The molecule has 1 heterocycles. The number of benzene rings is 2. The van der Waals surface area contributed by atoms with E-state index in [1.165, 1.54) is 13.2 Å². The van der Waals surface area contributed by atoms with E-state index in [1.807, 2.05) is 0 Å². The van der Waals surface area contributed by atoms with E-state index >= 15 is 0 Å².